The van der Waals surface area contributed by atoms with Crippen LogP contribution in [0.4, 0.5) is 0 Å². The molecule has 0 bridgehead atoms. The van der Waals surface area contributed by atoms with E-state index in [-0.39, 0.29) is 5.41 Å². The van der Waals surface area contributed by atoms with E-state index in [9.17, 15) is 4.57 Å². The minimum atomic E-state index is -4.00. The molecule has 1 rings (SSSR count). The second-order valence-electron chi connectivity index (χ2n) is 5.54. The molecule has 4 heteroatoms. The molecule has 0 aliphatic heterocycles. The summed E-state index contributed by atoms with van der Waals surface area (Å²) in [6.45, 7) is 6.67. The van der Waals surface area contributed by atoms with Gasteiger partial charge in [-0.1, -0.05) is 37.6 Å². The van der Waals surface area contributed by atoms with E-state index in [4.69, 9.17) is 9.79 Å². The topological polar surface area (TPSA) is 57.5 Å². The first-order chi connectivity index (χ1) is 8.22. The van der Waals surface area contributed by atoms with E-state index in [1.54, 1.807) is 0 Å². The van der Waals surface area contributed by atoms with Crippen molar-refractivity contribution in [2.24, 2.45) is 5.41 Å². The summed E-state index contributed by atoms with van der Waals surface area (Å²) >= 11 is 0. The van der Waals surface area contributed by atoms with Crippen LogP contribution >= 0.6 is 7.60 Å². The fraction of sp³-hybridized carbons (Fsp3) is 0.571. The molecule has 18 heavy (non-hydrogen) atoms. The average molecular weight is 270 g/mol. The molecule has 1 aliphatic rings. The summed E-state index contributed by atoms with van der Waals surface area (Å²) in [7, 11) is -4.00. The summed E-state index contributed by atoms with van der Waals surface area (Å²) in [5, 5.41) is 0. The van der Waals surface area contributed by atoms with Crippen LogP contribution in [0, 0.1) is 5.41 Å². The zero-order chi connectivity index (χ0) is 13.8. The Morgan fingerprint density at radius 3 is 2.56 bits per heavy atom. The smallest absolute Gasteiger partial charge is 0.321 e. The SMILES string of the molecule is CC1=C(C=CCC=CP(=O)(O)O)C(C)(C)CCC1. The first kappa shape index (κ1) is 15.4. The van der Waals surface area contributed by atoms with Crippen LogP contribution in [-0.2, 0) is 4.57 Å². The lowest BCUT2D eigenvalue weighted by molar-refractivity contribution is 0.376. The molecule has 0 unspecified atom stereocenters. The summed E-state index contributed by atoms with van der Waals surface area (Å²) in [6, 6.07) is 0. The second-order valence-corrected chi connectivity index (χ2v) is 7.02. The summed E-state index contributed by atoms with van der Waals surface area (Å²) in [5.41, 5.74) is 3.02. The molecule has 0 spiro atoms. The van der Waals surface area contributed by atoms with Gasteiger partial charge in [0.2, 0.25) is 0 Å². The molecule has 1 aliphatic carbocycles. The zero-order valence-electron chi connectivity index (χ0n) is 11.4. The predicted molar refractivity (Wildman–Crippen MR) is 75.3 cm³/mol. The third kappa shape index (κ3) is 4.93. The van der Waals surface area contributed by atoms with Crippen molar-refractivity contribution in [3.8, 4) is 0 Å². The molecular weight excluding hydrogens is 247 g/mol. The Balaban J connectivity index is 2.66. The fourth-order valence-electron chi connectivity index (χ4n) is 2.47. The van der Waals surface area contributed by atoms with Gasteiger partial charge >= 0.3 is 7.60 Å². The van der Waals surface area contributed by atoms with Gasteiger partial charge in [0.05, 0.1) is 0 Å². The van der Waals surface area contributed by atoms with Crippen LogP contribution in [0.2, 0.25) is 0 Å². The summed E-state index contributed by atoms with van der Waals surface area (Å²) in [6.07, 6.45) is 9.75. The van der Waals surface area contributed by atoms with Crippen molar-refractivity contribution in [1.82, 2.24) is 0 Å². The first-order valence-electron chi connectivity index (χ1n) is 6.32. The summed E-state index contributed by atoms with van der Waals surface area (Å²) in [5.74, 6) is 0.963. The molecule has 0 radical (unpaired) electrons. The van der Waals surface area contributed by atoms with E-state index in [1.807, 2.05) is 6.08 Å². The highest BCUT2D eigenvalue weighted by Gasteiger charge is 2.26. The summed E-state index contributed by atoms with van der Waals surface area (Å²) < 4.78 is 10.6. The molecule has 0 fully saturated rings. The Hall–Kier alpha value is -0.630. The monoisotopic (exact) mass is 270 g/mol. The van der Waals surface area contributed by atoms with Gasteiger partial charge in [-0.2, -0.15) is 0 Å². The van der Waals surface area contributed by atoms with Gasteiger partial charge in [-0.15, -0.1) is 0 Å². The maximum Gasteiger partial charge on any atom is 0.348 e. The van der Waals surface area contributed by atoms with Crippen LogP contribution in [0.15, 0.2) is 35.2 Å². The van der Waals surface area contributed by atoms with Crippen LogP contribution in [-0.4, -0.2) is 9.79 Å². The van der Waals surface area contributed by atoms with Gasteiger partial charge in [-0.3, -0.25) is 4.57 Å². The molecule has 0 saturated heterocycles. The molecule has 0 aromatic carbocycles. The maximum absolute atomic E-state index is 10.6. The van der Waals surface area contributed by atoms with E-state index in [0.29, 0.717) is 6.42 Å². The first-order valence-corrected chi connectivity index (χ1v) is 8.00. The molecular formula is C14H23O3P. The predicted octanol–water partition coefficient (Wildman–Crippen LogP) is 4.15. The third-order valence-corrected chi connectivity index (χ3v) is 4.00. The Morgan fingerprint density at radius 1 is 1.33 bits per heavy atom. The van der Waals surface area contributed by atoms with E-state index in [0.717, 1.165) is 12.2 Å². The van der Waals surface area contributed by atoms with E-state index < -0.39 is 7.60 Å². The van der Waals surface area contributed by atoms with Gasteiger partial charge in [0.1, 0.15) is 0 Å². The normalized spacial score (nSPS) is 21.2. The van der Waals surface area contributed by atoms with E-state index >= 15 is 0 Å². The number of allylic oxidation sites excluding steroid dienone is 5. The molecule has 102 valence electrons. The van der Waals surface area contributed by atoms with Gasteiger partial charge < -0.3 is 9.79 Å². The Morgan fingerprint density at radius 2 is 2.00 bits per heavy atom. The van der Waals surface area contributed by atoms with Crippen molar-refractivity contribution in [3.05, 3.63) is 35.2 Å². The highest BCUT2D eigenvalue weighted by Crippen LogP contribution is 2.40. The number of hydrogen-bond donors (Lipinski definition) is 2. The van der Waals surface area contributed by atoms with Gasteiger partial charge in [-0.25, -0.2) is 0 Å². The fourth-order valence-corrected chi connectivity index (χ4v) is 2.87. The standard InChI is InChI=1S/C14H23O3P/c1-12-8-7-10-14(2,3)13(12)9-5-4-6-11-18(15,16)17/h5-6,9,11H,4,7-8,10H2,1-3H3,(H2,15,16,17). The van der Waals surface area contributed by atoms with Crippen molar-refractivity contribution >= 4 is 7.60 Å². The maximum atomic E-state index is 10.6. The van der Waals surface area contributed by atoms with Gasteiger partial charge in [0.25, 0.3) is 0 Å². The summed E-state index contributed by atoms with van der Waals surface area (Å²) in [4.78, 5) is 17.4. The molecule has 2 N–H and O–H groups in total. The van der Waals surface area contributed by atoms with Crippen molar-refractivity contribution < 1.29 is 14.4 Å². The van der Waals surface area contributed by atoms with E-state index in [1.165, 1.54) is 30.1 Å². The van der Waals surface area contributed by atoms with Crippen molar-refractivity contribution in [2.75, 3.05) is 0 Å². The quantitative estimate of drug-likeness (QED) is 0.754. The molecule has 0 heterocycles. The lowest BCUT2D eigenvalue weighted by Gasteiger charge is -2.32. The van der Waals surface area contributed by atoms with E-state index in [2.05, 4.69) is 26.8 Å². The Kier molecular flexibility index (Phi) is 5.15. The minimum Gasteiger partial charge on any atom is -0.321 e. The average Bonchev–Trinajstić information content (AvgIpc) is 2.19. The largest absolute Gasteiger partial charge is 0.348 e. The molecule has 0 atom stereocenters. The van der Waals surface area contributed by atoms with Crippen LogP contribution < -0.4 is 0 Å². The van der Waals surface area contributed by atoms with Crippen LogP contribution in [0.3, 0.4) is 0 Å². The van der Waals surface area contributed by atoms with Crippen LogP contribution in [0.1, 0.15) is 46.5 Å². The lowest BCUT2D eigenvalue weighted by atomic mass is 9.72. The minimum absolute atomic E-state index is 0.214. The van der Waals surface area contributed by atoms with Crippen LogP contribution in [0.25, 0.3) is 0 Å². The van der Waals surface area contributed by atoms with Crippen LogP contribution in [0.5, 0.6) is 0 Å². The zero-order valence-corrected chi connectivity index (χ0v) is 12.3. The Labute approximate surface area is 109 Å². The molecule has 0 amide bonds. The number of hydrogen-bond acceptors (Lipinski definition) is 1. The van der Waals surface area contributed by atoms with Crippen molar-refractivity contribution in [3.63, 3.8) is 0 Å². The second kappa shape index (κ2) is 6.01. The molecule has 3 nitrogen and oxygen atoms in total. The Bertz CT molecular complexity index is 424. The molecule has 0 aromatic heterocycles. The highest BCUT2D eigenvalue weighted by atomic mass is 31.2. The van der Waals surface area contributed by atoms with Gasteiger partial charge in [0.15, 0.2) is 0 Å². The van der Waals surface area contributed by atoms with Gasteiger partial charge in [0, 0.05) is 5.82 Å². The lowest BCUT2D eigenvalue weighted by Crippen LogP contribution is -2.18. The number of rotatable bonds is 4. The van der Waals surface area contributed by atoms with Crippen molar-refractivity contribution in [2.45, 2.75) is 46.5 Å². The molecule has 0 saturated carbocycles. The molecule has 0 aromatic rings. The third-order valence-electron chi connectivity index (χ3n) is 3.40. The van der Waals surface area contributed by atoms with Crippen molar-refractivity contribution in [1.29, 1.82) is 0 Å². The highest BCUT2D eigenvalue weighted by molar-refractivity contribution is 7.55. The van der Waals surface area contributed by atoms with Gasteiger partial charge in [-0.05, 0) is 43.6 Å².